The molecule has 1 heterocycles. The van der Waals surface area contributed by atoms with Crippen molar-refractivity contribution in [3.8, 4) is 0 Å². The second kappa shape index (κ2) is 8.06. The SMILES string of the molecule is O=C(OCC(=O)N1CCNC1=O)c1cc([N+](=O)[O-])ccc1NCCO. The van der Waals surface area contributed by atoms with Crippen LogP contribution in [0.2, 0.25) is 0 Å². The third-order valence-electron chi connectivity index (χ3n) is 3.35. The minimum absolute atomic E-state index is 0.116. The Bertz CT molecular complexity index is 706. The van der Waals surface area contributed by atoms with Gasteiger partial charge in [0.1, 0.15) is 0 Å². The fraction of sp³-hybridized carbons (Fsp3) is 0.357. The molecule has 0 atom stereocenters. The molecule has 11 nitrogen and oxygen atoms in total. The van der Waals surface area contributed by atoms with E-state index < -0.39 is 29.4 Å². The molecule has 1 saturated heterocycles. The maximum Gasteiger partial charge on any atom is 0.341 e. The van der Waals surface area contributed by atoms with E-state index in [0.29, 0.717) is 6.54 Å². The standard InChI is InChI=1S/C14H16N4O7/c19-6-4-15-11-2-1-9(18(23)24)7-10(11)13(21)25-8-12(20)17-5-3-16-14(17)22/h1-2,7,15,19H,3-6,8H2,(H,16,22). The molecule has 3 amide bonds. The molecule has 3 N–H and O–H groups in total. The van der Waals surface area contributed by atoms with E-state index in [4.69, 9.17) is 9.84 Å². The number of rotatable bonds is 7. The molecule has 1 aliphatic heterocycles. The number of hydrogen-bond acceptors (Lipinski definition) is 8. The number of nitro groups is 1. The number of aliphatic hydroxyl groups is 1. The molecular weight excluding hydrogens is 336 g/mol. The summed E-state index contributed by atoms with van der Waals surface area (Å²) in [6, 6.07) is 2.94. The first-order chi connectivity index (χ1) is 11.9. The van der Waals surface area contributed by atoms with Gasteiger partial charge in [-0.05, 0) is 6.07 Å². The molecule has 0 unspecified atom stereocenters. The molecular formula is C14H16N4O7. The van der Waals surface area contributed by atoms with E-state index in [1.54, 1.807) is 0 Å². The van der Waals surface area contributed by atoms with Crippen LogP contribution >= 0.6 is 0 Å². The number of hydrogen-bond donors (Lipinski definition) is 3. The number of nitrogens with one attached hydrogen (secondary N) is 2. The van der Waals surface area contributed by atoms with Crippen LogP contribution < -0.4 is 10.6 Å². The Morgan fingerprint density at radius 2 is 2.20 bits per heavy atom. The van der Waals surface area contributed by atoms with Crippen LogP contribution in [0.5, 0.6) is 0 Å². The molecule has 0 bridgehead atoms. The quantitative estimate of drug-likeness (QED) is 0.344. The van der Waals surface area contributed by atoms with E-state index in [-0.39, 0.29) is 36.6 Å². The predicted molar refractivity (Wildman–Crippen MR) is 84.1 cm³/mol. The van der Waals surface area contributed by atoms with Gasteiger partial charge in [0.25, 0.3) is 11.6 Å². The Hall–Kier alpha value is -3.21. The Morgan fingerprint density at radius 1 is 1.44 bits per heavy atom. The van der Waals surface area contributed by atoms with Crippen LogP contribution in [0.3, 0.4) is 0 Å². The van der Waals surface area contributed by atoms with E-state index in [1.165, 1.54) is 12.1 Å². The lowest BCUT2D eigenvalue weighted by Crippen LogP contribution is -2.37. The van der Waals surface area contributed by atoms with Crippen LogP contribution in [0.4, 0.5) is 16.2 Å². The fourth-order valence-electron chi connectivity index (χ4n) is 2.15. The maximum absolute atomic E-state index is 12.2. The molecule has 25 heavy (non-hydrogen) atoms. The highest BCUT2D eigenvalue weighted by atomic mass is 16.6. The lowest BCUT2D eigenvalue weighted by molar-refractivity contribution is -0.384. The van der Waals surface area contributed by atoms with Crippen LogP contribution in [-0.4, -0.2) is 65.7 Å². The van der Waals surface area contributed by atoms with E-state index in [1.807, 2.05) is 0 Å². The number of carbonyl (C=O) groups is 3. The van der Waals surface area contributed by atoms with Gasteiger partial charge in [0.05, 0.1) is 17.1 Å². The van der Waals surface area contributed by atoms with Gasteiger partial charge in [-0.2, -0.15) is 0 Å². The van der Waals surface area contributed by atoms with E-state index >= 15 is 0 Å². The van der Waals surface area contributed by atoms with Crippen LogP contribution in [0, 0.1) is 10.1 Å². The first-order valence-electron chi connectivity index (χ1n) is 7.32. The number of benzene rings is 1. The van der Waals surface area contributed by atoms with Crippen molar-refractivity contribution in [2.45, 2.75) is 0 Å². The number of esters is 1. The van der Waals surface area contributed by atoms with Gasteiger partial charge in [0.2, 0.25) is 0 Å². The normalized spacial score (nSPS) is 13.3. The number of ether oxygens (including phenoxy) is 1. The largest absolute Gasteiger partial charge is 0.452 e. The van der Waals surface area contributed by atoms with Gasteiger partial charge in [0.15, 0.2) is 6.61 Å². The average molecular weight is 352 g/mol. The van der Waals surface area contributed by atoms with Gasteiger partial charge in [-0.15, -0.1) is 0 Å². The van der Waals surface area contributed by atoms with Crippen molar-refractivity contribution in [3.63, 3.8) is 0 Å². The van der Waals surface area contributed by atoms with Crippen molar-refractivity contribution in [3.05, 3.63) is 33.9 Å². The highest BCUT2D eigenvalue weighted by Crippen LogP contribution is 2.23. The summed E-state index contributed by atoms with van der Waals surface area (Å²) in [5.74, 6) is -1.66. The molecule has 0 aliphatic carbocycles. The van der Waals surface area contributed by atoms with Crippen molar-refractivity contribution in [1.82, 2.24) is 10.2 Å². The second-order valence-corrected chi connectivity index (χ2v) is 4.99. The number of anilines is 1. The number of non-ortho nitro benzene ring substituents is 1. The molecule has 1 aromatic carbocycles. The Kier molecular flexibility index (Phi) is 5.84. The van der Waals surface area contributed by atoms with Crippen molar-refractivity contribution >= 4 is 29.3 Å². The monoisotopic (exact) mass is 352 g/mol. The maximum atomic E-state index is 12.2. The number of carbonyl (C=O) groups excluding carboxylic acids is 3. The molecule has 1 aromatic rings. The zero-order chi connectivity index (χ0) is 18.4. The third-order valence-corrected chi connectivity index (χ3v) is 3.35. The van der Waals surface area contributed by atoms with Gasteiger partial charge < -0.3 is 20.5 Å². The van der Waals surface area contributed by atoms with E-state index in [2.05, 4.69) is 10.6 Å². The van der Waals surface area contributed by atoms with Gasteiger partial charge in [-0.25, -0.2) is 9.59 Å². The smallest absolute Gasteiger partial charge is 0.341 e. The molecule has 0 saturated carbocycles. The zero-order valence-electron chi connectivity index (χ0n) is 13.1. The first kappa shape index (κ1) is 18.1. The number of nitro benzene ring substituents is 1. The molecule has 1 fully saturated rings. The number of imide groups is 1. The Labute approximate surface area is 141 Å². The van der Waals surface area contributed by atoms with E-state index in [9.17, 15) is 24.5 Å². The minimum Gasteiger partial charge on any atom is -0.452 e. The predicted octanol–water partition coefficient (Wildman–Crippen LogP) is -0.292. The van der Waals surface area contributed by atoms with Gasteiger partial charge >= 0.3 is 12.0 Å². The summed E-state index contributed by atoms with van der Waals surface area (Å²) in [4.78, 5) is 46.5. The lowest BCUT2D eigenvalue weighted by atomic mass is 10.1. The lowest BCUT2D eigenvalue weighted by Gasteiger charge is -2.13. The van der Waals surface area contributed by atoms with Crippen molar-refractivity contribution in [2.24, 2.45) is 0 Å². The molecule has 11 heteroatoms. The summed E-state index contributed by atoms with van der Waals surface area (Å²) in [5, 5.41) is 24.9. The highest BCUT2D eigenvalue weighted by Gasteiger charge is 2.27. The number of urea groups is 1. The number of amides is 3. The van der Waals surface area contributed by atoms with Crippen molar-refractivity contribution < 1.29 is 29.2 Å². The van der Waals surface area contributed by atoms with Gasteiger partial charge in [0, 0.05) is 37.5 Å². The molecule has 2 rings (SSSR count). The minimum atomic E-state index is -0.961. The van der Waals surface area contributed by atoms with Gasteiger partial charge in [-0.1, -0.05) is 0 Å². The third kappa shape index (κ3) is 4.41. The molecule has 0 radical (unpaired) electrons. The molecule has 0 aromatic heterocycles. The van der Waals surface area contributed by atoms with Crippen LogP contribution in [0.1, 0.15) is 10.4 Å². The Morgan fingerprint density at radius 3 is 2.80 bits per heavy atom. The average Bonchev–Trinajstić information content (AvgIpc) is 3.03. The highest BCUT2D eigenvalue weighted by molar-refractivity contribution is 6.00. The summed E-state index contributed by atoms with van der Waals surface area (Å²) in [6.45, 7) is -0.276. The number of aliphatic hydroxyl groups excluding tert-OH is 1. The zero-order valence-corrected chi connectivity index (χ0v) is 13.1. The first-order valence-corrected chi connectivity index (χ1v) is 7.32. The summed E-state index contributed by atoms with van der Waals surface area (Å²) in [7, 11) is 0. The molecule has 1 aliphatic rings. The molecule has 0 spiro atoms. The van der Waals surface area contributed by atoms with Crippen LogP contribution in [0.15, 0.2) is 18.2 Å². The number of nitrogens with zero attached hydrogens (tertiary/aromatic N) is 2. The van der Waals surface area contributed by atoms with Crippen LogP contribution in [0.25, 0.3) is 0 Å². The van der Waals surface area contributed by atoms with Crippen molar-refractivity contribution in [1.29, 1.82) is 0 Å². The summed E-state index contributed by atoms with van der Waals surface area (Å²) < 4.78 is 4.87. The van der Waals surface area contributed by atoms with Crippen LogP contribution in [-0.2, 0) is 9.53 Å². The summed E-state index contributed by atoms with van der Waals surface area (Å²) in [6.07, 6.45) is 0. The summed E-state index contributed by atoms with van der Waals surface area (Å²) >= 11 is 0. The summed E-state index contributed by atoms with van der Waals surface area (Å²) in [5.41, 5.74) is -0.260. The topological polar surface area (TPSA) is 151 Å². The second-order valence-electron chi connectivity index (χ2n) is 4.99. The van der Waals surface area contributed by atoms with E-state index in [0.717, 1.165) is 11.0 Å². The van der Waals surface area contributed by atoms with Crippen molar-refractivity contribution in [2.75, 3.05) is 38.2 Å². The van der Waals surface area contributed by atoms with Gasteiger partial charge in [-0.3, -0.25) is 19.8 Å². The fourth-order valence-corrected chi connectivity index (χ4v) is 2.15. The Balaban J connectivity index is 2.10. The molecule has 134 valence electrons.